The third-order valence-corrected chi connectivity index (χ3v) is 4.23. The Labute approximate surface area is 138 Å². The number of aliphatic hydroxyl groups is 1. The number of carboxylic acids is 1. The number of carboxylic acid groups (broad SMARTS) is 1. The molecule has 0 amide bonds. The predicted octanol–water partition coefficient (Wildman–Crippen LogP) is 5.65. The molecule has 3 atom stereocenters. The van der Waals surface area contributed by atoms with Crippen molar-refractivity contribution in [2.75, 3.05) is 0 Å². The van der Waals surface area contributed by atoms with Crippen LogP contribution in [0.5, 0.6) is 0 Å². The minimum Gasteiger partial charge on any atom is -0.481 e. The van der Waals surface area contributed by atoms with Gasteiger partial charge in [-0.15, -0.1) is 0 Å². The van der Waals surface area contributed by atoms with Crippen LogP contribution in [0.1, 0.15) is 98.8 Å². The molecule has 0 aromatic heterocycles. The van der Waals surface area contributed by atoms with Crippen molar-refractivity contribution in [1.82, 2.24) is 0 Å². The number of aliphatic carboxylic acids is 1. The van der Waals surface area contributed by atoms with E-state index in [2.05, 4.69) is 20.8 Å². The van der Waals surface area contributed by atoms with Crippen LogP contribution in [-0.4, -0.2) is 22.3 Å². The Bertz CT molecular complexity index is 235. The minimum absolute atomic E-state index is 0.140. The van der Waals surface area contributed by atoms with Crippen LogP contribution in [-0.2, 0) is 4.79 Å². The molecule has 134 valence electrons. The highest BCUT2D eigenvalue weighted by Crippen LogP contribution is 2.19. The number of carbonyl (C=O) groups is 1. The van der Waals surface area contributed by atoms with E-state index in [9.17, 15) is 5.11 Å². The van der Waals surface area contributed by atoms with Crippen molar-refractivity contribution in [2.24, 2.45) is 11.8 Å². The van der Waals surface area contributed by atoms with Gasteiger partial charge in [0.05, 0.1) is 6.10 Å². The van der Waals surface area contributed by atoms with E-state index in [4.69, 9.17) is 9.90 Å². The Hall–Kier alpha value is -0.570. The van der Waals surface area contributed by atoms with Crippen molar-refractivity contribution in [1.29, 1.82) is 0 Å². The van der Waals surface area contributed by atoms with Gasteiger partial charge in [0, 0.05) is 6.92 Å². The van der Waals surface area contributed by atoms with Crippen LogP contribution < -0.4 is 0 Å². The quantitative estimate of drug-likeness (QED) is 0.457. The van der Waals surface area contributed by atoms with E-state index in [0.717, 1.165) is 12.8 Å². The molecule has 0 fully saturated rings. The molecule has 0 spiro atoms. The van der Waals surface area contributed by atoms with Crippen LogP contribution in [0.3, 0.4) is 0 Å². The van der Waals surface area contributed by atoms with Crippen molar-refractivity contribution in [3.05, 3.63) is 0 Å². The van der Waals surface area contributed by atoms with Crippen molar-refractivity contribution in [3.63, 3.8) is 0 Å². The summed E-state index contributed by atoms with van der Waals surface area (Å²) in [7, 11) is 0. The van der Waals surface area contributed by atoms with E-state index in [1.165, 1.54) is 64.2 Å². The number of rotatable bonds is 12. The molecule has 3 heteroatoms. The number of aliphatic hydroxyl groups excluding tert-OH is 1. The van der Waals surface area contributed by atoms with Gasteiger partial charge in [0.1, 0.15) is 0 Å². The molecule has 2 N–H and O–H groups in total. The summed E-state index contributed by atoms with van der Waals surface area (Å²) in [5, 5.41) is 16.8. The standard InChI is InChI=1S/C17H36O.C2H4O2/c1-5-6-7-8-9-10-12-15(2)13-11-14-16(3)17(4)18;1-2(3)4/h15-18H,5-14H2,1-4H3;1H3,(H,3,4)/t15?,16-,17-;/m0./s1. The largest absolute Gasteiger partial charge is 0.481 e. The molecule has 0 rings (SSSR count). The van der Waals surface area contributed by atoms with Gasteiger partial charge in [-0.25, -0.2) is 0 Å². The van der Waals surface area contributed by atoms with Gasteiger partial charge < -0.3 is 10.2 Å². The monoisotopic (exact) mass is 316 g/mol. The maximum absolute atomic E-state index is 9.43. The number of hydrogen-bond acceptors (Lipinski definition) is 2. The summed E-state index contributed by atoms with van der Waals surface area (Å²) in [5.41, 5.74) is 0. The summed E-state index contributed by atoms with van der Waals surface area (Å²) < 4.78 is 0. The highest BCUT2D eigenvalue weighted by atomic mass is 16.4. The van der Waals surface area contributed by atoms with Gasteiger partial charge in [0.15, 0.2) is 0 Å². The lowest BCUT2D eigenvalue weighted by atomic mass is 9.93. The average molecular weight is 317 g/mol. The van der Waals surface area contributed by atoms with Crippen molar-refractivity contribution in [3.8, 4) is 0 Å². The van der Waals surface area contributed by atoms with Gasteiger partial charge >= 0.3 is 0 Å². The Balaban J connectivity index is 0. The van der Waals surface area contributed by atoms with E-state index >= 15 is 0 Å². The zero-order chi connectivity index (χ0) is 17.4. The maximum Gasteiger partial charge on any atom is 0.300 e. The fourth-order valence-electron chi connectivity index (χ4n) is 2.45. The Morgan fingerprint density at radius 3 is 1.82 bits per heavy atom. The summed E-state index contributed by atoms with van der Waals surface area (Å²) in [6.45, 7) is 9.81. The first-order valence-corrected chi connectivity index (χ1v) is 9.18. The van der Waals surface area contributed by atoms with Crippen LogP contribution in [0.2, 0.25) is 0 Å². The summed E-state index contributed by atoms with van der Waals surface area (Å²) in [6.07, 6.45) is 13.5. The fourth-order valence-corrected chi connectivity index (χ4v) is 2.45. The normalized spacial score (nSPS) is 14.6. The van der Waals surface area contributed by atoms with Crippen LogP contribution in [0.15, 0.2) is 0 Å². The van der Waals surface area contributed by atoms with Gasteiger partial charge in [-0.1, -0.05) is 78.6 Å². The molecule has 0 aliphatic carbocycles. The van der Waals surface area contributed by atoms with Crippen LogP contribution in [0, 0.1) is 11.8 Å². The zero-order valence-corrected chi connectivity index (χ0v) is 15.6. The van der Waals surface area contributed by atoms with E-state index < -0.39 is 5.97 Å². The lowest BCUT2D eigenvalue weighted by Crippen LogP contribution is -2.13. The molecule has 0 aliphatic heterocycles. The van der Waals surface area contributed by atoms with E-state index in [1.807, 2.05) is 6.92 Å². The lowest BCUT2D eigenvalue weighted by molar-refractivity contribution is -0.134. The van der Waals surface area contributed by atoms with Crippen molar-refractivity contribution in [2.45, 2.75) is 105 Å². The molecule has 0 aromatic rings. The number of hydrogen-bond donors (Lipinski definition) is 2. The third kappa shape index (κ3) is 21.7. The second-order valence-electron chi connectivity index (χ2n) is 6.83. The first kappa shape index (κ1) is 23.7. The van der Waals surface area contributed by atoms with Gasteiger partial charge in [-0.2, -0.15) is 0 Å². The smallest absolute Gasteiger partial charge is 0.300 e. The summed E-state index contributed by atoms with van der Waals surface area (Å²) in [5.74, 6) is 0.503. The van der Waals surface area contributed by atoms with Gasteiger partial charge in [0.25, 0.3) is 5.97 Å². The molecule has 0 heterocycles. The fraction of sp³-hybridized carbons (Fsp3) is 0.947. The Kier molecular flexibility index (Phi) is 18.1. The van der Waals surface area contributed by atoms with Crippen molar-refractivity contribution < 1.29 is 15.0 Å². The van der Waals surface area contributed by atoms with Crippen molar-refractivity contribution >= 4 is 5.97 Å². The van der Waals surface area contributed by atoms with Crippen LogP contribution in [0.25, 0.3) is 0 Å². The molecular formula is C19H40O3. The van der Waals surface area contributed by atoms with E-state index in [0.29, 0.717) is 5.92 Å². The highest BCUT2D eigenvalue weighted by molar-refractivity contribution is 5.62. The second kappa shape index (κ2) is 16.8. The molecular weight excluding hydrogens is 276 g/mol. The Morgan fingerprint density at radius 2 is 1.32 bits per heavy atom. The first-order valence-electron chi connectivity index (χ1n) is 9.18. The van der Waals surface area contributed by atoms with Gasteiger partial charge in [-0.05, 0) is 25.2 Å². The number of unbranched alkanes of at least 4 members (excludes halogenated alkanes) is 5. The zero-order valence-electron chi connectivity index (χ0n) is 15.6. The molecule has 3 nitrogen and oxygen atoms in total. The first-order chi connectivity index (χ1) is 10.3. The van der Waals surface area contributed by atoms with Crippen LogP contribution >= 0.6 is 0 Å². The van der Waals surface area contributed by atoms with Crippen LogP contribution in [0.4, 0.5) is 0 Å². The highest BCUT2D eigenvalue weighted by Gasteiger charge is 2.09. The van der Waals surface area contributed by atoms with Gasteiger partial charge in [0.2, 0.25) is 0 Å². The third-order valence-electron chi connectivity index (χ3n) is 4.23. The molecule has 0 saturated heterocycles. The molecule has 1 unspecified atom stereocenters. The van der Waals surface area contributed by atoms with Gasteiger partial charge in [-0.3, -0.25) is 4.79 Å². The Morgan fingerprint density at radius 1 is 0.864 bits per heavy atom. The summed E-state index contributed by atoms with van der Waals surface area (Å²) in [4.78, 5) is 9.00. The minimum atomic E-state index is -0.833. The lowest BCUT2D eigenvalue weighted by Gasteiger charge is -2.16. The summed E-state index contributed by atoms with van der Waals surface area (Å²) in [6, 6.07) is 0. The maximum atomic E-state index is 9.43. The molecule has 0 bridgehead atoms. The van der Waals surface area contributed by atoms with E-state index in [1.54, 1.807) is 0 Å². The average Bonchev–Trinajstić information content (AvgIpc) is 2.41. The van der Waals surface area contributed by atoms with E-state index in [-0.39, 0.29) is 6.10 Å². The summed E-state index contributed by atoms with van der Waals surface area (Å²) >= 11 is 0. The predicted molar refractivity (Wildman–Crippen MR) is 95.2 cm³/mol. The molecule has 0 radical (unpaired) electrons. The molecule has 0 saturated carbocycles. The second-order valence-corrected chi connectivity index (χ2v) is 6.83. The topological polar surface area (TPSA) is 57.5 Å². The molecule has 0 aliphatic rings. The molecule has 0 aromatic carbocycles. The molecule has 22 heavy (non-hydrogen) atoms. The SMILES string of the molecule is CC(=O)O.CCCCCCCCC(C)CCC[C@H](C)[C@H](C)O.